The molecule has 0 atom stereocenters. The molecule has 0 aliphatic heterocycles. The minimum Gasteiger partial charge on any atom is -0.331 e. The van der Waals surface area contributed by atoms with Crippen LogP contribution in [0.25, 0.3) is 0 Å². The Morgan fingerprint density at radius 3 is 1.40 bits per heavy atom. The first-order valence-electron chi connectivity index (χ1n) is 2.18. The fraction of sp³-hybridized carbons (Fsp3) is 0.250. The summed E-state index contributed by atoms with van der Waals surface area (Å²) in [6, 6.07) is 0. The van der Waals surface area contributed by atoms with E-state index in [1.807, 2.05) is 0 Å². The van der Waals surface area contributed by atoms with Crippen molar-refractivity contribution >= 4 is 17.0 Å². The summed E-state index contributed by atoms with van der Waals surface area (Å²) >= 11 is 0.997. The van der Waals surface area contributed by atoms with E-state index in [4.69, 9.17) is 15.8 Å². The van der Waals surface area contributed by atoms with Gasteiger partial charge in [-0.1, -0.05) is 6.26 Å². The molecule has 0 aromatic heterocycles. The molecule has 6 heteroatoms. The summed E-state index contributed by atoms with van der Waals surface area (Å²) < 4.78 is 0. The predicted molar refractivity (Wildman–Crippen MR) is 36.1 cm³/mol. The summed E-state index contributed by atoms with van der Waals surface area (Å²) in [4.78, 5) is 0. The van der Waals surface area contributed by atoms with Crippen LogP contribution < -0.4 is 18.9 Å². The van der Waals surface area contributed by atoms with Crippen molar-refractivity contribution in [3.63, 3.8) is 0 Å². The molecule has 0 spiro atoms. The van der Waals surface area contributed by atoms with Gasteiger partial charge in [0, 0.05) is 0 Å². The Balaban J connectivity index is 0. The zero-order valence-corrected chi connectivity index (χ0v) is 6.64. The van der Waals surface area contributed by atoms with Crippen LogP contribution in [-0.4, -0.2) is 11.7 Å². The van der Waals surface area contributed by atoms with Crippen LogP contribution in [-0.2, 0) is 0 Å². The van der Waals surface area contributed by atoms with Crippen molar-refractivity contribution < 1.29 is 18.9 Å². The van der Waals surface area contributed by atoms with E-state index in [1.54, 1.807) is 24.2 Å². The van der Waals surface area contributed by atoms with Gasteiger partial charge in [0.05, 0.1) is 0 Å². The zero-order chi connectivity index (χ0) is 7.33. The topological polar surface area (TPSA) is 71.4 Å². The Labute approximate surface area is 76.0 Å². The molecule has 0 heterocycles. The summed E-state index contributed by atoms with van der Waals surface area (Å²) in [5, 5.41) is 24.9. The minimum absolute atomic E-state index is 0. The molecule has 0 amide bonds. The van der Waals surface area contributed by atoms with E-state index < -0.39 is 5.42 Å². The molecule has 0 saturated carbocycles. The molecule has 0 aromatic carbocycles. The third kappa shape index (κ3) is 2.38. The van der Waals surface area contributed by atoms with E-state index in [0.29, 0.717) is 0 Å². The fourth-order valence-electron chi connectivity index (χ4n) is 0.245. The van der Waals surface area contributed by atoms with Gasteiger partial charge >= 0.3 is 24.3 Å². The first kappa shape index (κ1) is 12.2. The van der Waals surface area contributed by atoms with Gasteiger partial charge < -0.3 is 11.6 Å². The van der Waals surface area contributed by atoms with Gasteiger partial charge in [-0.15, -0.1) is 17.9 Å². The van der Waals surface area contributed by atoms with Crippen LogP contribution in [0.15, 0.2) is 0 Å². The van der Waals surface area contributed by atoms with E-state index in [9.17, 15) is 0 Å². The molecule has 0 aliphatic rings. The summed E-state index contributed by atoms with van der Waals surface area (Å²) in [7, 11) is 0. The molecule has 0 radical (unpaired) electrons. The van der Waals surface area contributed by atoms with Gasteiger partial charge in [0.2, 0.25) is 0 Å². The van der Waals surface area contributed by atoms with Crippen LogP contribution in [0.5, 0.6) is 0 Å². The molecule has 0 N–H and O–H groups in total. The van der Waals surface area contributed by atoms with E-state index in [2.05, 4.69) is 0 Å². The monoisotopic (exact) mass is 143 g/mol. The van der Waals surface area contributed by atoms with Gasteiger partial charge in [-0.25, -0.2) is 15.8 Å². The van der Waals surface area contributed by atoms with E-state index in [-0.39, 0.29) is 18.9 Å². The fourth-order valence-corrected chi connectivity index (χ4v) is 0.561. The maximum Gasteiger partial charge on any atom is 1.00 e. The zero-order valence-electron chi connectivity index (χ0n) is 5.83. The first-order chi connectivity index (χ1) is 4.24. The Morgan fingerprint density at radius 1 is 1.10 bits per heavy atom. The van der Waals surface area contributed by atoms with Crippen molar-refractivity contribution in [1.29, 1.82) is 15.8 Å². The minimum atomic E-state index is -2.11. The van der Waals surface area contributed by atoms with Crippen molar-refractivity contribution in [2.24, 2.45) is 0 Å². The first-order valence-corrected chi connectivity index (χ1v) is 3.47. The van der Waals surface area contributed by atoms with E-state index in [1.165, 1.54) is 0 Å². The summed E-state index contributed by atoms with van der Waals surface area (Å²) in [5.74, 6) is 5.00. The van der Waals surface area contributed by atoms with Gasteiger partial charge in [0.1, 0.15) is 0 Å². The van der Waals surface area contributed by atoms with Crippen molar-refractivity contribution in [3.05, 3.63) is 0 Å². The van der Waals surface area contributed by atoms with Crippen LogP contribution in [0, 0.1) is 33.7 Å². The second-order valence-electron chi connectivity index (χ2n) is 1.41. The number of nitriles is 3. The Hall–Kier alpha value is -0.518. The predicted octanol–water partition coefficient (Wildman–Crippen LogP) is -2.51. The second kappa shape index (κ2) is 5.28. The molecular weight excluding hydrogens is 140 g/mol. The van der Waals surface area contributed by atoms with Gasteiger partial charge in [-0.3, -0.25) is 0 Å². The molecular formula is C4H3BLiN3S. The Morgan fingerprint density at radius 2 is 1.40 bits per heavy atom. The normalized spacial score (nSPS) is 7.80. The van der Waals surface area contributed by atoms with Crippen molar-refractivity contribution in [3.8, 4) is 17.9 Å². The molecule has 0 fully saturated rings. The summed E-state index contributed by atoms with van der Waals surface area (Å²) in [6.07, 6.45) is 1.58. The molecule has 44 valence electrons. The number of hydrogen-bond donors (Lipinski definition) is 0. The average Bonchev–Trinajstić information content (AvgIpc) is 1.95. The van der Waals surface area contributed by atoms with Gasteiger partial charge in [0.25, 0.3) is 0 Å². The van der Waals surface area contributed by atoms with Crippen LogP contribution in [0.1, 0.15) is 0 Å². The van der Waals surface area contributed by atoms with Crippen LogP contribution >= 0.6 is 11.6 Å². The third-order valence-corrected chi connectivity index (χ3v) is 1.92. The summed E-state index contributed by atoms with van der Waals surface area (Å²) in [6.45, 7) is 0. The third-order valence-electron chi connectivity index (χ3n) is 0.899. The largest absolute Gasteiger partial charge is 1.00 e. The van der Waals surface area contributed by atoms with Gasteiger partial charge in [-0.2, -0.15) is 0 Å². The van der Waals surface area contributed by atoms with Crippen LogP contribution in [0.4, 0.5) is 0 Å². The maximum absolute atomic E-state index is 8.29. The molecule has 0 bridgehead atoms. The van der Waals surface area contributed by atoms with Crippen LogP contribution in [0.2, 0.25) is 0 Å². The molecule has 0 aromatic rings. The van der Waals surface area contributed by atoms with Crippen LogP contribution in [0.3, 0.4) is 0 Å². The van der Waals surface area contributed by atoms with E-state index in [0.717, 1.165) is 11.6 Å². The van der Waals surface area contributed by atoms with Crippen molar-refractivity contribution in [2.75, 3.05) is 6.26 Å². The molecule has 3 nitrogen and oxygen atoms in total. The number of nitrogens with zero attached hydrogens (tertiary/aromatic N) is 3. The SMILES string of the molecule is CS[B-](C#N)(C#N)C#N.[Li+]. The maximum atomic E-state index is 8.29. The Kier molecular flexibility index (Phi) is 6.44. The Bertz CT molecular complexity index is 186. The van der Waals surface area contributed by atoms with E-state index >= 15 is 0 Å². The summed E-state index contributed by atoms with van der Waals surface area (Å²) in [5.41, 5.74) is -2.11. The second-order valence-corrected chi connectivity index (χ2v) is 2.59. The van der Waals surface area contributed by atoms with Crippen molar-refractivity contribution in [2.45, 2.75) is 0 Å². The van der Waals surface area contributed by atoms with Gasteiger partial charge in [-0.05, 0) is 0 Å². The quantitative estimate of drug-likeness (QED) is 0.380. The molecule has 10 heavy (non-hydrogen) atoms. The average molecular weight is 143 g/mol. The van der Waals surface area contributed by atoms with Crippen molar-refractivity contribution in [1.82, 2.24) is 0 Å². The smallest absolute Gasteiger partial charge is 0.331 e. The number of hydrogen-bond acceptors (Lipinski definition) is 4. The standard InChI is InChI=1S/C4H3BN3S.Li/c1-9-5(2-6,3-7)4-8;/h1H3;/q-1;+1. The molecule has 0 rings (SSSR count). The molecule has 0 unspecified atom stereocenters. The number of rotatable bonds is 1. The molecule has 0 saturated heterocycles. The molecule has 0 aliphatic carbocycles. The van der Waals surface area contributed by atoms with Gasteiger partial charge in [0.15, 0.2) is 0 Å².